The Morgan fingerprint density at radius 1 is 1.67 bits per heavy atom. The molecule has 0 spiro atoms. The van der Waals surface area contributed by atoms with E-state index in [4.69, 9.17) is 11.6 Å². The lowest BCUT2D eigenvalue weighted by molar-refractivity contribution is 0.111. The highest BCUT2D eigenvalue weighted by molar-refractivity contribution is 9.10. The van der Waals surface area contributed by atoms with Crippen molar-refractivity contribution in [1.29, 1.82) is 0 Å². The van der Waals surface area contributed by atoms with Crippen molar-refractivity contribution in [3.8, 4) is 0 Å². The molecule has 0 radical (unpaired) electrons. The van der Waals surface area contributed by atoms with Gasteiger partial charge in [-0.15, -0.1) is 0 Å². The Morgan fingerprint density at radius 2 is 2.25 bits per heavy atom. The first-order valence-electron chi connectivity index (χ1n) is 3.17. The molecule has 0 aliphatic carbocycles. The van der Waals surface area contributed by atoms with E-state index in [0.29, 0.717) is 16.3 Å². The van der Waals surface area contributed by atoms with Crippen LogP contribution in [0.5, 0.6) is 0 Å². The fraction of sp³-hybridized carbons (Fsp3) is 0.125. The molecule has 0 aliphatic heterocycles. The molecule has 4 heteroatoms. The van der Waals surface area contributed by atoms with E-state index in [-0.39, 0.29) is 10.6 Å². The van der Waals surface area contributed by atoms with Gasteiger partial charge in [-0.25, -0.2) is 4.39 Å². The second-order valence-corrected chi connectivity index (χ2v) is 3.57. The molecule has 0 heterocycles. The molecule has 1 nitrogen and oxygen atoms in total. The van der Waals surface area contributed by atoms with Crippen molar-refractivity contribution in [2.45, 2.75) is 6.92 Å². The number of aryl methyl sites for hydroxylation is 1. The van der Waals surface area contributed by atoms with Crippen LogP contribution in [-0.4, -0.2) is 6.29 Å². The van der Waals surface area contributed by atoms with Crippen molar-refractivity contribution in [2.75, 3.05) is 0 Å². The van der Waals surface area contributed by atoms with Crippen LogP contribution in [0.25, 0.3) is 0 Å². The highest BCUT2D eigenvalue weighted by Gasteiger charge is 2.12. The molecule has 0 aliphatic rings. The fourth-order valence-corrected chi connectivity index (χ4v) is 1.60. The Kier molecular flexibility index (Phi) is 2.85. The Labute approximate surface area is 82.7 Å². The average Bonchev–Trinajstić information content (AvgIpc) is 2.01. The monoisotopic (exact) mass is 250 g/mol. The summed E-state index contributed by atoms with van der Waals surface area (Å²) >= 11 is 8.64. The molecule has 0 atom stereocenters. The summed E-state index contributed by atoms with van der Waals surface area (Å²) in [4.78, 5) is 10.4. The summed E-state index contributed by atoms with van der Waals surface area (Å²) in [6.45, 7) is 1.67. The molecule has 0 amide bonds. The molecular weight excluding hydrogens is 246 g/mol. The Balaban J connectivity index is 3.51. The number of carbonyl (C=O) groups excluding carboxylic acids is 1. The van der Waals surface area contributed by atoms with Crippen LogP contribution in [-0.2, 0) is 0 Å². The van der Waals surface area contributed by atoms with Crippen LogP contribution >= 0.6 is 27.5 Å². The molecule has 12 heavy (non-hydrogen) atoms. The number of benzene rings is 1. The largest absolute Gasteiger partial charge is 0.298 e. The van der Waals surface area contributed by atoms with Crippen LogP contribution in [0.15, 0.2) is 10.5 Å². The zero-order valence-electron chi connectivity index (χ0n) is 6.20. The maximum Gasteiger partial charge on any atom is 0.154 e. The van der Waals surface area contributed by atoms with E-state index in [1.807, 2.05) is 0 Å². The van der Waals surface area contributed by atoms with Gasteiger partial charge in [0.15, 0.2) is 12.1 Å². The van der Waals surface area contributed by atoms with Crippen molar-refractivity contribution in [2.24, 2.45) is 0 Å². The molecule has 1 aromatic carbocycles. The molecule has 0 saturated heterocycles. The quantitative estimate of drug-likeness (QED) is 0.552. The molecule has 0 aromatic heterocycles. The van der Waals surface area contributed by atoms with Gasteiger partial charge in [0.05, 0.1) is 10.6 Å². The van der Waals surface area contributed by atoms with Gasteiger partial charge in [0.2, 0.25) is 0 Å². The number of aldehydes is 1. The summed E-state index contributed by atoms with van der Waals surface area (Å²) in [5.74, 6) is -0.668. The number of rotatable bonds is 1. The molecule has 1 rings (SSSR count). The van der Waals surface area contributed by atoms with Gasteiger partial charge in [-0.3, -0.25) is 4.79 Å². The van der Waals surface area contributed by atoms with Crippen LogP contribution in [0.4, 0.5) is 4.39 Å². The zero-order valence-corrected chi connectivity index (χ0v) is 8.54. The first kappa shape index (κ1) is 9.68. The van der Waals surface area contributed by atoms with Crippen LogP contribution in [0.1, 0.15) is 15.9 Å². The fourth-order valence-electron chi connectivity index (χ4n) is 0.835. The number of halogens is 3. The van der Waals surface area contributed by atoms with Crippen molar-refractivity contribution in [3.05, 3.63) is 32.5 Å². The lowest BCUT2D eigenvalue weighted by Crippen LogP contribution is -1.93. The molecule has 64 valence electrons. The maximum absolute atomic E-state index is 13.1. The highest BCUT2D eigenvalue weighted by atomic mass is 79.9. The summed E-state index contributed by atoms with van der Waals surface area (Å²) in [7, 11) is 0. The summed E-state index contributed by atoms with van der Waals surface area (Å²) in [6.07, 6.45) is 0.435. The van der Waals surface area contributed by atoms with Crippen LogP contribution < -0.4 is 0 Å². The van der Waals surface area contributed by atoms with Gasteiger partial charge in [-0.2, -0.15) is 0 Å². The molecule has 1 aromatic rings. The lowest BCUT2D eigenvalue weighted by Gasteiger charge is -2.03. The minimum Gasteiger partial charge on any atom is -0.298 e. The summed E-state index contributed by atoms with van der Waals surface area (Å²) in [6, 6.07) is 1.61. The van der Waals surface area contributed by atoms with Gasteiger partial charge in [0.25, 0.3) is 0 Å². The van der Waals surface area contributed by atoms with E-state index in [1.165, 1.54) is 0 Å². The van der Waals surface area contributed by atoms with E-state index in [0.717, 1.165) is 0 Å². The molecular formula is C8H5BrClFO. The summed E-state index contributed by atoms with van der Waals surface area (Å²) < 4.78 is 13.6. The summed E-state index contributed by atoms with van der Waals surface area (Å²) in [5, 5.41) is 0.000278. The number of hydrogen-bond acceptors (Lipinski definition) is 1. The standard InChI is InChI=1S/C8H5BrClFO/c1-4-2-6(9)5(3-12)8(11)7(4)10/h2-3H,1H3. The van der Waals surface area contributed by atoms with Crippen molar-refractivity contribution < 1.29 is 9.18 Å². The first-order valence-corrected chi connectivity index (χ1v) is 4.34. The molecule has 0 saturated carbocycles. The molecule has 0 unspecified atom stereocenters. The topological polar surface area (TPSA) is 17.1 Å². The predicted octanol–water partition coefficient (Wildman–Crippen LogP) is 3.36. The zero-order chi connectivity index (χ0) is 9.30. The van der Waals surface area contributed by atoms with E-state index in [2.05, 4.69) is 15.9 Å². The predicted molar refractivity (Wildman–Crippen MR) is 49.2 cm³/mol. The molecule has 0 N–H and O–H groups in total. The van der Waals surface area contributed by atoms with E-state index < -0.39 is 5.82 Å². The molecule has 0 fully saturated rings. The van der Waals surface area contributed by atoms with Gasteiger partial charge >= 0.3 is 0 Å². The molecule has 0 bridgehead atoms. The van der Waals surface area contributed by atoms with E-state index in [9.17, 15) is 9.18 Å². The third-order valence-corrected chi connectivity index (χ3v) is 2.61. The highest BCUT2D eigenvalue weighted by Crippen LogP contribution is 2.27. The van der Waals surface area contributed by atoms with Crippen LogP contribution in [0.2, 0.25) is 5.02 Å². The van der Waals surface area contributed by atoms with Gasteiger partial charge in [-0.05, 0) is 34.5 Å². The van der Waals surface area contributed by atoms with Crippen molar-refractivity contribution in [1.82, 2.24) is 0 Å². The van der Waals surface area contributed by atoms with Gasteiger partial charge in [-0.1, -0.05) is 11.6 Å². The first-order chi connectivity index (χ1) is 5.57. The minimum absolute atomic E-state index is 0.000278. The van der Waals surface area contributed by atoms with Crippen molar-refractivity contribution >= 4 is 33.8 Å². The van der Waals surface area contributed by atoms with Crippen molar-refractivity contribution in [3.63, 3.8) is 0 Å². The van der Waals surface area contributed by atoms with Gasteiger partial charge in [0, 0.05) is 4.47 Å². The minimum atomic E-state index is -0.668. The van der Waals surface area contributed by atoms with Crippen LogP contribution in [0.3, 0.4) is 0 Å². The second-order valence-electron chi connectivity index (χ2n) is 2.33. The average molecular weight is 251 g/mol. The maximum atomic E-state index is 13.1. The number of carbonyl (C=O) groups is 1. The normalized spacial score (nSPS) is 10.0. The smallest absolute Gasteiger partial charge is 0.154 e. The SMILES string of the molecule is Cc1cc(Br)c(C=O)c(F)c1Cl. The third kappa shape index (κ3) is 1.52. The lowest BCUT2D eigenvalue weighted by atomic mass is 10.1. The Bertz CT molecular complexity index is 338. The van der Waals surface area contributed by atoms with Gasteiger partial charge < -0.3 is 0 Å². The second kappa shape index (κ2) is 3.54. The number of hydrogen-bond donors (Lipinski definition) is 0. The Morgan fingerprint density at radius 3 is 2.75 bits per heavy atom. The van der Waals surface area contributed by atoms with Crippen LogP contribution in [0, 0.1) is 12.7 Å². The van der Waals surface area contributed by atoms with E-state index in [1.54, 1.807) is 13.0 Å². The third-order valence-electron chi connectivity index (χ3n) is 1.49. The Hall–Kier alpha value is -0.410. The summed E-state index contributed by atoms with van der Waals surface area (Å²) in [5.41, 5.74) is 0.567. The van der Waals surface area contributed by atoms with Gasteiger partial charge in [0.1, 0.15) is 0 Å². The van der Waals surface area contributed by atoms with E-state index >= 15 is 0 Å².